The molecule has 1 atom stereocenters. The topological polar surface area (TPSA) is 87.7 Å². The number of hydrogen-bond donors (Lipinski definition) is 2. The van der Waals surface area contributed by atoms with Crippen LogP contribution in [0.2, 0.25) is 5.02 Å². The molecule has 1 amide bonds. The minimum Gasteiger partial charge on any atom is -0.379 e. The van der Waals surface area contributed by atoms with E-state index in [2.05, 4.69) is 14.9 Å². The number of benzene rings is 1. The average Bonchev–Trinajstić information content (AvgIpc) is 2.73. The maximum Gasteiger partial charge on any atom is 0.241 e. The molecule has 7 nitrogen and oxygen atoms in total. The van der Waals surface area contributed by atoms with Crippen molar-refractivity contribution < 1.29 is 17.9 Å². The summed E-state index contributed by atoms with van der Waals surface area (Å²) in [5.41, 5.74) is -0.0630. The van der Waals surface area contributed by atoms with Crippen LogP contribution in [0.4, 0.5) is 0 Å². The zero-order chi connectivity index (χ0) is 20.9. The van der Waals surface area contributed by atoms with Gasteiger partial charge in [0, 0.05) is 30.2 Å². The van der Waals surface area contributed by atoms with Gasteiger partial charge in [-0.1, -0.05) is 30.9 Å². The highest BCUT2D eigenvalue weighted by Gasteiger charge is 2.39. The molecule has 1 saturated heterocycles. The number of hydrogen-bond acceptors (Lipinski definition) is 5. The molecule has 1 aliphatic heterocycles. The zero-order valence-electron chi connectivity index (χ0n) is 16.8. The molecule has 0 radical (unpaired) electrons. The molecule has 2 aliphatic rings. The van der Waals surface area contributed by atoms with Crippen molar-refractivity contribution in [2.75, 3.05) is 32.8 Å². The fourth-order valence-electron chi connectivity index (χ4n) is 4.23. The predicted molar refractivity (Wildman–Crippen MR) is 112 cm³/mol. The van der Waals surface area contributed by atoms with Gasteiger partial charge in [-0.3, -0.25) is 9.69 Å². The van der Waals surface area contributed by atoms with E-state index in [1.54, 1.807) is 6.92 Å². The number of ether oxygens (including phenoxy) is 1. The standard InChI is InChI=1S/C20H30ClN3O4S/c1-16(23-29(26,27)18-7-5-17(21)6-8-18)19(25)22-15-20(9-3-2-4-10-20)24-11-13-28-14-12-24/h5-8,16,23H,2-4,9-15H2,1H3,(H,22,25). The molecule has 29 heavy (non-hydrogen) atoms. The van der Waals surface area contributed by atoms with Crippen LogP contribution < -0.4 is 10.0 Å². The molecule has 162 valence electrons. The summed E-state index contributed by atoms with van der Waals surface area (Å²) in [4.78, 5) is 15.2. The first-order valence-electron chi connectivity index (χ1n) is 10.2. The fraction of sp³-hybridized carbons (Fsp3) is 0.650. The normalized spacial score (nSPS) is 21.4. The smallest absolute Gasteiger partial charge is 0.241 e. The molecule has 2 fully saturated rings. The van der Waals surface area contributed by atoms with Crippen molar-refractivity contribution >= 4 is 27.5 Å². The van der Waals surface area contributed by atoms with Crippen LogP contribution in [-0.2, 0) is 19.6 Å². The van der Waals surface area contributed by atoms with Crippen LogP contribution in [0.25, 0.3) is 0 Å². The Kier molecular flexibility index (Phi) is 7.56. The number of halogens is 1. The minimum atomic E-state index is -3.80. The lowest BCUT2D eigenvalue weighted by molar-refractivity contribution is -0.123. The lowest BCUT2D eigenvalue weighted by Gasteiger charge is -2.48. The van der Waals surface area contributed by atoms with Gasteiger partial charge < -0.3 is 10.1 Å². The van der Waals surface area contributed by atoms with Crippen LogP contribution in [0.5, 0.6) is 0 Å². The van der Waals surface area contributed by atoms with Crippen LogP contribution >= 0.6 is 11.6 Å². The first-order chi connectivity index (χ1) is 13.8. The van der Waals surface area contributed by atoms with E-state index in [0.29, 0.717) is 24.8 Å². The highest BCUT2D eigenvalue weighted by atomic mass is 35.5. The molecule has 9 heteroatoms. The predicted octanol–water partition coefficient (Wildman–Crippen LogP) is 2.16. The maximum absolute atomic E-state index is 12.7. The summed E-state index contributed by atoms with van der Waals surface area (Å²) in [6, 6.07) is 4.99. The lowest BCUT2D eigenvalue weighted by atomic mass is 9.79. The molecule has 1 heterocycles. The largest absolute Gasteiger partial charge is 0.379 e. The Hall–Kier alpha value is -1.19. The Bertz CT molecular complexity index is 788. The van der Waals surface area contributed by atoms with Crippen molar-refractivity contribution in [2.24, 2.45) is 0 Å². The lowest BCUT2D eigenvalue weighted by Crippen LogP contribution is -2.60. The van der Waals surface area contributed by atoms with Crippen LogP contribution in [0.15, 0.2) is 29.2 Å². The second-order valence-corrected chi connectivity index (χ2v) is 10.0. The van der Waals surface area contributed by atoms with E-state index in [1.165, 1.54) is 30.7 Å². The van der Waals surface area contributed by atoms with Crippen LogP contribution in [0, 0.1) is 0 Å². The molecular weight excluding hydrogens is 414 g/mol. The molecule has 1 aliphatic carbocycles. The molecular formula is C20H30ClN3O4S. The fourth-order valence-corrected chi connectivity index (χ4v) is 5.55. The molecule has 1 unspecified atom stereocenters. The number of amides is 1. The summed E-state index contributed by atoms with van der Waals surface area (Å²) in [5, 5.41) is 3.46. The van der Waals surface area contributed by atoms with E-state index in [-0.39, 0.29) is 16.3 Å². The van der Waals surface area contributed by atoms with E-state index >= 15 is 0 Å². The SMILES string of the molecule is CC(NS(=O)(=O)c1ccc(Cl)cc1)C(=O)NCC1(N2CCOCC2)CCCCC1. The minimum absolute atomic E-state index is 0.0630. The highest BCUT2D eigenvalue weighted by Crippen LogP contribution is 2.33. The van der Waals surface area contributed by atoms with Gasteiger partial charge in [0.1, 0.15) is 0 Å². The molecule has 1 aromatic rings. The van der Waals surface area contributed by atoms with Crippen LogP contribution in [0.1, 0.15) is 39.0 Å². The van der Waals surface area contributed by atoms with Crippen molar-refractivity contribution in [2.45, 2.75) is 55.5 Å². The number of rotatable bonds is 7. The summed E-state index contributed by atoms with van der Waals surface area (Å²) in [7, 11) is -3.80. The number of carbonyl (C=O) groups excluding carboxylic acids is 1. The second kappa shape index (κ2) is 9.75. The van der Waals surface area contributed by atoms with Crippen molar-refractivity contribution in [1.29, 1.82) is 0 Å². The Labute approximate surface area is 178 Å². The van der Waals surface area contributed by atoms with E-state index in [4.69, 9.17) is 16.3 Å². The number of sulfonamides is 1. The molecule has 0 spiro atoms. The first-order valence-corrected chi connectivity index (χ1v) is 12.1. The summed E-state index contributed by atoms with van der Waals surface area (Å²) < 4.78 is 33.0. The van der Waals surface area contributed by atoms with Gasteiger partial charge in [0.05, 0.1) is 24.2 Å². The van der Waals surface area contributed by atoms with Gasteiger partial charge in [0.15, 0.2) is 0 Å². The zero-order valence-corrected chi connectivity index (χ0v) is 18.4. The van der Waals surface area contributed by atoms with E-state index in [1.807, 2.05) is 0 Å². The van der Waals surface area contributed by atoms with Gasteiger partial charge >= 0.3 is 0 Å². The van der Waals surface area contributed by atoms with Crippen molar-refractivity contribution in [3.8, 4) is 0 Å². The Morgan fingerprint density at radius 2 is 1.79 bits per heavy atom. The van der Waals surface area contributed by atoms with Gasteiger partial charge in [-0.25, -0.2) is 8.42 Å². The van der Waals surface area contributed by atoms with Gasteiger partial charge in [-0.15, -0.1) is 0 Å². The third-order valence-corrected chi connectivity index (χ3v) is 7.72. The van der Waals surface area contributed by atoms with Crippen molar-refractivity contribution in [3.05, 3.63) is 29.3 Å². The second-order valence-electron chi connectivity index (χ2n) is 7.90. The van der Waals surface area contributed by atoms with Gasteiger partial charge in [-0.05, 0) is 44.0 Å². The number of morpholine rings is 1. The van der Waals surface area contributed by atoms with Gasteiger partial charge in [-0.2, -0.15) is 4.72 Å². The van der Waals surface area contributed by atoms with E-state index in [9.17, 15) is 13.2 Å². The van der Waals surface area contributed by atoms with Crippen molar-refractivity contribution in [1.82, 2.24) is 14.9 Å². The highest BCUT2D eigenvalue weighted by molar-refractivity contribution is 7.89. The van der Waals surface area contributed by atoms with E-state index < -0.39 is 16.1 Å². The molecule has 0 aromatic heterocycles. The third kappa shape index (κ3) is 5.70. The maximum atomic E-state index is 12.7. The molecule has 0 bridgehead atoms. The third-order valence-electron chi connectivity index (χ3n) is 5.91. The molecule has 2 N–H and O–H groups in total. The summed E-state index contributed by atoms with van der Waals surface area (Å²) in [6.45, 7) is 5.26. The van der Waals surface area contributed by atoms with Crippen LogP contribution in [0.3, 0.4) is 0 Å². The van der Waals surface area contributed by atoms with Crippen LogP contribution in [-0.4, -0.2) is 63.7 Å². The Morgan fingerprint density at radius 3 is 2.41 bits per heavy atom. The Morgan fingerprint density at radius 1 is 1.17 bits per heavy atom. The summed E-state index contributed by atoms with van der Waals surface area (Å²) in [6.07, 6.45) is 5.59. The van der Waals surface area contributed by atoms with Crippen molar-refractivity contribution in [3.63, 3.8) is 0 Å². The number of nitrogens with zero attached hydrogens (tertiary/aromatic N) is 1. The molecule has 1 saturated carbocycles. The first kappa shape index (κ1) is 22.5. The number of nitrogens with one attached hydrogen (secondary N) is 2. The van der Waals surface area contributed by atoms with Gasteiger partial charge in [0.25, 0.3) is 0 Å². The summed E-state index contributed by atoms with van der Waals surface area (Å²) >= 11 is 5.82. The summed E-state index contributed by atoms with van der Waals surface area (Å²) in [5.74, 6) is -0.319. The Balaban J connectivity index is 1.61. The average molecular weight is 444 g/mol. The monoisotopic (exact) mass is 443 g/mol. The molecule has 1 aromatic carbocycles. The molecule has 3 rings (SSSR count). The van der Waals surface area contributed by atoms with Gasteiger partial charge in [0.2, 0.25) is 15.9 Å². The quantitative estimate of drug-likeness (QED) is 0.674. The number of carbonyl (C=O) groups is 1. The van der Waals surface area contributed by atoms with E-state index in [0.717, 1.165) is 38.8 Å².